The van der Waals surface area contributed by atoms with Crippen LogP contribution in [0.3, 0.4) is 0 Å². The lowest BCUT2D eigenvalue weighted by Gasteiger charge is -2.32. The molecule has 0 aromatic carbocycles. The minimum Gasteiger partial charge on any atom is -0.370 e. The molecule has 0 aliphatic carbocycles. The third-order valence-corrected chi connectivity index (χ3v) is 3.48. The molecule has 1 aliphatic heterocycles. The second-order valence-corrected chi connectivity index (χ2v) is 5.00. The summed E-state index contributed by atoms with van der Waals surface area (Å²) in [7, 11) is 0. The molecule has 0 atom stereocenters. The van der Waals surface area contributed by atoms with Crippen molar-refractivity contribution in [3.63, 3.8) is 0 Å². The second-order valence-electron chi connectivity index (χ2n) is 5.00. The molecule has 1 aromatic heterocycles. The molecule has 0 saturated carbocycles. The summed E-state index contributed by atoms with van der Waals surface area (Å²) in [5.74, 6) is 1.62. The molecule has 1 aromatic rings. The van der Waals surface area contributed by atoms with Gasteiger partial charge < -0.3 is 15.1 Å². The van der Waals surface area contributed by atoms with Gasteiger partial charge in [-0.2, -0.15) is 4.98 Å². The highest BCUT2D eigenvalue weighted by Gasteiger charge is 2.17. The molecule has 6 nitrogen and oxygen atoms in total. The van der Waals surface area contributed by atoms with Crippen LogP contribution in [0, 0.1) is 0 Å². The SMILES string of the molecule is CCCCCNc1ccnc(N2CCN(C=O)CC2)n1. The van der Waals surface area contributed by atoms with Crippen molar-refractivity contribution in [2.45, 2.75) is 26.2 Å². The van der Waals surface area contributed by atoms with E-state index in [-0.39, 0.29) is 0 Å². The first-order valence-corrected chi connectivity index (χ1v) is 7.34. The maximum atomic E-state index is 10.7. The monoisotopic (exact) mass is 277 g/mol. The highest BCUT2D eigenvalue weighted by molar-refractivity contribution is 5.48. The minimum absolute atomic E-state index is 0.737. The number of nitrogens with zero attached hydrogens (tertiary/aromatic N) is 4. The van der Waals surface area contributed by atoms with Gasteiger partial charge in [0.1, 0.15) is 5.82 Å². The topological polar surface area (TPSA) is 61.4 Å². The van der Waals surface area contributed by atoms with E-state index in [1.165, 1.54) is 12.8 Å². The number of unbranched alkanes of at least 4 members (excludes halogenated alkanes) is 2. The van der Waals surface area contributed by atoms with Crippen molar-refractivity contribution >= 4 is 18.2 Å². The summed E-state index contributed by atoms with van der Waals surface area (Å²) in [5.41, 5.74) is 0. The molecule has 1 amide bonds. The fourth-order valence-corrected chi connectivity index (χ4v) is 2.22. The minimum atomic E-state index is 0.737. The molecule has 2 rings (SSSR count). The Bertz CT molecular complexity index is 418. The number of hydrogen-bond acceptors (Lipinski definition) is 5. The van der Waals surface area contributed by atoms with Crippen LogP contribution in [-0.2, 0) is 4.79 Å². The summed E-state index contributed by atoms with van der Waals surface area (Å²) in [5, 5.41) is 3.33. The number of anilines is 2. The Kier molecular flexibility index (Phi) is 5.58. The van der Waals surface area contributed by atoms with Gasteiger partial charge in [0.05, 0.1) is 0 Å². The van der Waals surface area contributed by atoms with Gasteiger partial charge in [-0.25, -0.2) is 4.98 Å². The van der Waals surface area contributed by atoms with E-state index in [0.717, 1.165) is 57.3 Å². The average Bonchev–Trinajstić information content (AvgIpc) is 2.52. The number of carbonyl (C=O) groups is 1. The van der Waals surface area contributed by atoms with Crippen LogP contribution in [0.25, 0.3) is 0 Å². The van der Waals surface area contributed by atoms with E-state index in [1.807, 2.05) is 6.07 Å². The first kappa shape index (κ1) is 14.6. The zero-order chi connectivity index (χ0) is 14.2. The summed E-state index contributed by atoms with van der Waals surface area (Å²) in [6, 6.07) is 1.90. The molecular formula is C14H23N5O. The van der Waals surface area contributed by atoms with Gasteiger partial charge in [-0.1, -0.05) is 19.8 Å². The maximum Gasteiger partial charge on any atom is 0.227 e. The zero-order valence-corrected chi connectivity index (χ0v) is 12.1. The first-order valence-electron chi connectivity index (χ1n) is 7.34. The van der Waals surface area contributed by atoms with Gasteiger partial charge in [-0.15, -0.1) is 0 Å². The first-order chi connectivity index (χ1) is 9.83. The standard InChI is InChI=1S/C14H23N5O/c1-2-3-4-6-15-13-5-7-16-14(17-13)19-10-8-18(12-20)9-11-19/h5,7,12H,2-4,6,8-11H2,1H3,(H,15,16,17). The van der Waals surface area contributed by atoms with Gasteiger partial charge in [0, 0.05) is 38.9 Å². The zero-order valence-electron chi connectivity index (χ0n) is 12.1. The van der Waals surface area contributed by atoms with Crippen LogP contribution < -0.4 is 10.2 Å². The van der Waals surface area contributed by atoms with Gasteiger partial charge in [0.15, 0.2) is 0 Å². The Morgan fingerprint density at radius 1 is 1.30 bits per heavy atom. The van der Waals surface area contributed by atoms with Gasteiger partial charge >= 0.3 is 0 Å². The third kappa shape index (κ3) is 4.08. The summed E-state index contributed by atoms with van der Waals surface area (Å²) in [6.07, 6.45) is 6.31. The van der Waals surface area contributed by atoms with Crippen molar-refractivity contribution in [3.8, 4) is 0 Å². The second kappa shape index (κ2) is 7.67. The molecule has 0 bridgehead atoms. The Morgan fingerprint density at radius 3 is 2.80 bits per heavy atom. The molecule has 20 heavy (non-hydrogen) atoms. The summed E-state index contributed by atoms with van der Waals surface area (Å²) in [4.78, 5) is 23.5. The van der Waals surface area contributed by atoms with Gasteiger partial charge in [0.25, 0.3) is 0 Å². The molecule has 6 heteroatoms. The van der Waals surface area contributed by atoms with Gasteiger partial charge in [-0.3, -0.25) is 4.79 Å². The number of aromatic nitrogens is 2. The number of hydrogen-bond donors (Lipinski definition) is 1. The van der Waals surface area contributed by atoms with Crippen LogP contribution in [0.15, 0.2) is 12.3 Å². The molecule has 0 spiro atoms. The highest BCUT2D eigenvalue weighted by Crippen LogP contribution is 2.13. The lowest BCUT2D eigenvalue weighted by atomic mass is 10.2. The molecule has 1 N–H and O–H groups in total. The van der Waals surface area contributed by atoms with E-state index in [2.05, 4.69) is 27.1 Å². The Hall–Kier alpha value is -1.85. The van der Waals surface area contributed by atoms with Crippen molar-refractivity contribution in [2.75, 3.05) is 42.9 Å². The van der Waals surface area contributed by atoms with E-state index >= 15 is 0 Å². The van der Waals surface area contributed by atoms with E-state index in [9.17, 15) is 4.79 Å². The molecule has 1 aliphatic rings. The van der Waals surface area contributed by atoms with E-state index in [1.54, 1.807) is 11.1 Å². The van der Waals surface area contributed by atoms with E-state index in [4.69, 9.17) is 0 Å². The van der Waals surface area contributed by atoms with Gasteiger partial charge in [-0.05, 0) is 12.5 Å². The lowest BCUT2D eigenvalue weighted by molar-refractivity contribution is -0.118. The van der Waals surface area contributed by atoms with E-state index < -0.39 is 0 Å². The van der Waals surface area contributed by atoms with Crippen LogP contribution in [0.5, 0.6) is 0 Å². The van der Waals surface area contributed by atoms with Gasteiger partial charge in [0.2, 0.25) is 12.4 Å². The van der Waals surface area contributed by atoms with Crippen molar-refractivity contribution in [3.05, 3.63) is 12.3 Å². The van der Waals surface area contributed by atoms with Crippen molar-refractivity contribution in [1.82, 2.24) is 14.9 Å². The van der Waals surface area contributed by atoms with Crippen LogP contribution in [0.4, 0.5) is 11.8 Å². The van der Waals surface area contributed by atoms with Crippen LogP contribution in [0.2, 0.25) is 0 Å². The quantitative estimate of drug-likeness (QED) is 0.602. The van der Waals surface area contributed by atoms with Crippen LogP contribution in [-0.4, -0.2) is 54.0 Å². The number of piperazine rings is 1. The Labute approximate surface area is 120 Å². The number of rotatable bonds is 7. The van der Waals surface area contributed by atoms with E-state index in [0.29, 0.717) is 0 Å². The number of carbonyl (C=O) groups excluding carboxylic acids is 1. The average molecular weight is 277 g/mol. The van der Waals surface area contributed by atoms with Crippen LogP contribution in [0.1, 0.15) is 26.2 Å². The molecule has 0 unspecified atom stereocenters. The third-order valence-electron chi connectivity index (χ3n) is 3.48. The molecule has 110 valence electrons. The normalized spacial score (nSPS) is 15.2. The van der Waals surface area contributed by atoms with Crippen molar-refractivity contribution < 1.29 is 4.79 Å². The number of nitrogens with one attached hydrogen (secondary N) is 1. The predicted octanol–water partition coefficient (Wildman–Crippen LogP) is 1.36. The Morgan fingerprint density at radius 2 is 2.10 bits per heavy atom. The van der Waals surface area contributed by atoms with Crippen molar-refractivity contribution in [2.24, 2.45) is 0 Å². The highest BCUT2D eigenvalue weighted by atomic mass is 16.1. The molecule has 1 saturated heterocycles. The largest absolute Gasteiger partial charge is 0.370 e. The summed E-state index contributed by atoms with van der Waals surface area (Å²) in [6.45, 7) is 6.20. The Balaban J connectivity index is 1.87. The summed E-state index contributed by atoms with van der Waals surface area (Å²) >= 11 is 0. The smallest absolute Gasteiger partial charge is 0.227 e. The molecule has 1 fully saturated rings. The summed E-state index contributed by atoms with van der Waals surface area (Å²) < 4.78 is 0. The lowest BCUT2D eigenvalue weighted by Crippen LogP contribution is -2.46. The predicted molar refractivity (Wildman–Crippen MR) is 79.9 cm³/mol. The fourth-order valence-electron chi connectivity index (χ4n) is 2.22. The molecule has 2 heterocycles. The number of amides is 1. The van der Waals surface area contributed by atoms with Crippen LogP contribution >= 0.6 is 0 Å². The molecular weight excluding hydrogens is 254 g/mol. The molecule has 0 radical (unpaired) electrons. The maximum absolute atomic E-state index is 10.7. The van der Waals surface area contributed by atoms with Crippen molar-refractivity contribution in [1.29, 1.82) is 0 Å². The fraction of sp³-hybridized carbons (Fsp3) is 0.643.